The first-order chi connectivity index (χ1) is 7.77. The summed E-state index contributed by atoms with van der Waals surface area (Å²) in [4.78, 5) is 18.7. The fourth-order valence-electron chi connectivity index (χ4n) is 1.88. The number of methoxy groups -OCH3 is 1. The van der Waals surface area contributed by atoms with E-state index in [0.717, 1.165) is 0 Å². The molecule has 0 aliphatic rings. The standard InChI is InChI=1S/C11H18NO4P/c1-7(2)11(17(13,14)15)8-4-5-9(12)10(6-8)16-3/h4-7,11H,12H2,1-3H3,(H2,13,14,15). The zero-order valence-corrected chi connectivity index (χ0v) is 11.0. The second-order valence-electron chi connectivity index (χ2n) is 4.28. The van der Waals surface area contributed by atoms with Crippen LogP contribution in [0, 0.1) is 5.92 Å². The van der Waals surface area contributed by atoms with E-state index in [0.29, 0.717) is 17.0 Å². The fourth-order valence-corrected chi connectivity index (χ4v) is 3.20. The van der Waals surface area contributed by atoms with Crippen molar-refractivity contribution in [1.29, 1.82) is 0 Å². The minimum absolute atomic E-state index is 0.177. The summed E-state index contributed by atoms with van der Waals surface area (Å²) in [5, 5.41) is 0. The highest BCUT2D eigenvalue weighted by molar-refractivity contribution is 7.52. The number of rotatable bonds is 4. The van der Waals surface area contributed by atoms with Crippen LogP contribution < -0.4 is 10.5 Å². The highest BCUT2D eigenvalue weighted by Crippen LogP contribution is 2.56. The molecule has 0 radical (unpaired) electrons. The maximum absolute atomic E-state index is 11.5. The van der Waals surface area contributed by atoms with Crippen molar-refractivity contribution < 1.29 is 19.1 Å². The van der Waals surface area contributed by atoms with Crippen LogP contribution in [0.5, 0.6) is 5.75 Å². The van der Waals surface area contributed by atoms with Gasteiger partial charge in [-0.25, -0.2) is 0 Å². The second kappa shape index (κ2) is 5.08. The molecule has 0 saturated heterocycles. The molecule has 96 valence electrons. The van der Waals surface area contributed by atoms with Gasteiger partial charge in [0.1, 0.15) is 5.75 Å². The van der Waals surface area contributed by atoms with Crippen LogP contribution in [0.15, 0.2) is 18.2 Å². The van der Waals surface area contributed by atoms with E-state index in [1.165, 1.54) is 7.11 Å². The fraction of sp³-hybridized carbons (Fsp3) is 0.455. The predicted molar refractivity (Wildman–Crippen MR) is 67.0 cm³/mol. The van der Waals surface area contributed by atoms with Gasteiger partial charge >= 0.3 is 7.60 Å². The van der Waals surface area contributed by atoms with E-state index in [2.05, 4.69) is 0 Å². The maximum atomic E-state index is 11.5. The Morgan fingerprint density at radius 2 is 1.94 bits per heavy atom. The molecule has 0 saturated carbocycles. The third kappa shape index (κ3) is 3.22. The normalized spacial score (nSPS) is 13.8. The molecule has 0 spiro atoms. The molecule has 6 heteroatoms. The molecule has 17 heavy (non-hydrogen) atoms. The minimum Gasteiger partial charge on any atom is -0.495 e. The second-order valence-corrected chi connectivity index (χ2v) is 6.01. The molecular weight excluding hydrogens is 241 g/mol. The van der Waals surface area contributed by atoms with E-state index in [-0.39, 0.29) is 5.92 Å². The van der Waals surface area contributed by atoms with Gasteiger partial charge in [0.15, 0.2) is 0 Å². The molecule has 1 rings (SSSR count). The van der Waals surface area contributed by atoms with Crippen LogP contribution in [-0.4, -0.2) is 16.9 Å². The summed E-state index contributed by atoms with van der Waals surface area (Å²) in [6.45, 7) is 3.54. The van der Waals surface area contributed by atoms with Gasteiger partial charge < -0.3 is 20.3 Å². The Bertz CT molecular complexity index is 441. The Kier molecular flexibility index (Phi) is 4.20. The molecule has 1 unspecified atom stereocenters. The molecule has 5 nitrogen and oxygen atoms in total. The molecule has 0 fully saturated rings. The topological polar surface area (TPSA) is 92.8 Å². The van der Waals surface area contributed by atoms with Crippen molar-refractivity contribution in [3.05, 3.63) is 23.8 Å². The summed E-state index contributed by atoms with van der Waals surface area (Å²) >= 11 is 0. The van der Waals surface area contributed by atoms with Crippen molar-refractivity contribution in [2.24, 2.45) is 5.92 Å². The lowest BCUT2D eigenvalue weighted by Gasteiger charge is -2.23. The molecule has 4 N–H and O–H groups in total. The average molecular weight is 259 g/mol. The van der Waals surface area contributed by atoms with Crippen molar-refractivity contribution in [1.82, 2.24) is 0 Å². The lowest BCUT2D eigenvalue weighted by molar-refractivity contribution is 0.343. The number of ether oxygens (including phenoxy) is 1. The Balaban J connectivity index is 3.25. The monoisotopic (exact) mass is 259 g/mol. The van der Waals surface area contributed by atoms with E-state index in [1.807, 2.05) is 0 Å². The smallest absolute Gasteiger partial charge is 0.333 e. The van der Waals surface area contributed by atoms with Gasteiger partial charge in [-0.1, -0.05) is 19.9 Å². The van der Waals surface area contributed by atoms with Crippen LogP contribution in [0.1, 0.15) is 25.1 Å². The molecule has 0 bridgehead atoms. The number of hydrogen-bond donors (Lipinski definition) is 3. The summed E-state index contributed by atoms with van der Waals surface area (Å²) in [6, 6.07) is 4.81. The number of benzene rings is 1. The number of anilines is 1. The largest absolute Gasteiger partial charge is 0.495 e. The third-order valence-corrected chi connectivity index (χ3v) is 4.21. The SMILES string of the molecule is COc1cc(C(C(C)C)P(=O)(O)O)ccc1N. The van der Waals surface area contributed by atoms with Gasteiger partial charge in [-0.2, -0.15) is 0 Å². The van der Waals surface area contributed by atoms with Crippen LogP contribution in [0.2, 0.25) is 0 Å². The lowest BCUT2D eigenvalue weighted by atomic mass is 10.0. The van der Waals surface area contributed by atoms with Crippen LogP contribution in [0.3, 0.4) is 0 Å². The highest BCUT2D eigenvalue weighted by Gasteiger charge is 2.33. The van der Waals surface area contributed by atoms with Crippen molar-refractivity contribution >= 4 is 13.3 Å². The molecule has 1 aromatic rings. The van der Waals surface area contributed by atoms with Crippen LogP contribution in [0.4, 0.5) is 5.69 Å². The number of nitrogens with two attached hydrogens (primary N) is 1. The first kappa shape index (κ1) is 14.0. The van der Waals surface area contributed by atoms with E-state index in [4.69, 9.17) is 10.5 Å². The summed E-state index contributed by atoms with van der Waals surface area (Å²) in [7, 11) is -2.73. The van der Waals surface area contributed by atoms with Crippen LogP contribution in [-0.2, 0) is 4.57 Å². The summed E-state index contributed by atoms with van der Waals surface area (Å²) in [5.41, 5.74) is 5.82. The summed E-state index contributed by atoms with van der Waals surface area (Å²) < 4.78 is 16.5. The maximum Gasteiger partial charge on any atom is 0.333 e. The van der Waals surface area contributed by atoms with Crippen molar-refractivity contribution in [3.8, 4) is 5.75 Å². The van der Waals surface area contributed by atoms with E-state index < -0.39 is 13.3 Å². The molecular formula is C11H18NO4P. The van der Waals surface area contributed by atoms with Gasteiger partial charge in [-0.3, -0.25) is 4.57 Å². The van der Waals surface area contributed by atoms with E-state index >= 15 is 0 Å². The van der Waals surface area contributed by atoms with Gasteiger partial charge in [0, 0.05) is 0 Å². The summed E-state index contributed by atoms with van der Waals surface area (Å²) in [5.74, 6) is 0.255. The molecule has 1 aromatic carbocycles. The Morgan fingerprint density at radius 3 is 2.35 bits per heavy atom. The van der Waals surface area contributed by atoms with Crippen LogP contribution >= 0.6 is 7.60 Å². The first-order valence-electron chi connectivity index (χ1n) is 5.26. The molecule has 0 aromatic heterocycles. The zero-order chi connectivity index (χ0) is 13.2. The summed E-state index contributed by atoms with van der Waals surface area (Å²) in [6.07, 6.45) is 0. The van der Waals surface area contributed by atoms with Gasteiger partial charge in [0.05, 0.1) is 18.5 Å². The van der Waals surface area contributed by atoms with Gasteiger partial charge in [0.25, 0.3) is 0 Å². The molecule has 1 atom stereocenters. The Labute approximate surface area is 101 Å². The lowest BCUT2D eigenvalue weighted by Crippen LogP contribution is -2.08. The zero-order valence-electron chi connectivity index (χ0n) is 10.1. The Morgan fingerprint density at radius 1 is 1.35 bits per heavy atom. The third-order valence-electron chi connectivity index (χ3n) is 2.59. The molecule has 0 aliphatic carbocycles. The number of hydrogen-bond acceptors (Lipinski definition) is 3. The average Bonchev–Trinajstić information content (AvgIpc) is 2.18. The quantitative estimate of drug-likeness (QED) is 0.569. The highest BCUT2D eigenvalue weighted by atomic mass is 31.2. The van der Waals surface area contributed by atoms with Gasteiger partial charge in [-0.15, -0.1) is 0 Å². The first-order valence-corrected chi connectivity index (χ1v) is 6.94. The predicted octanol–water partition coefficient (Wildman–Crippen LogP) is 2.15. The Hall–Kier alpha value is -1.03. The number of nitrogen functional groups attached to an aromatic ring is 1. The molecule has 0 amide bonds. The minimum atomic E-state index is -4.20. The molecule has 0 aliphatic heterocycles. The van der Waals surface area contributed by atoms with Crippen molar-refractivity contribution in [2.45, 2.75) is 19.5 Å². The molecule has 0 heterocycles. The van der Waals surface area contributed by atoms with E-state index in [1.54, 1.807) is 32.0 Å². The van der Waals surface area contributed by atoms with Gasteiger partial charge in [-0.05, 0) is 23.6 Å². The van der Waals surface area contributed by atoms with E-state index in [9.17, 15) is 14.4 Å². The van der Waals surface area contributed by atoms with Gasteiger partial charge in [0.2, 0.25) is 0 Å². The van der Waals surface area contributed by atoms with Crippen molar-refractivity contribution in [3.63, 3.8) is 0 Å². The van der Waals surface area contributed by atoms with Crippen LogP contribution in [0.25, 0.3) is 0 Å². The van der Waals surface area contributed by atoms with Crippen molar-refractivity contribution in [2.75, 3.05) is 12.8 Å².